The number of hydrogen-bond donors (Lipinski definition) is 1. The summed E-state index contributed by atoms with van der Waals surface area (Å²) in [7, 11) is -4.52. The first-order valence-electron chi connectivity index (χ1n) is 8.65. The van der Waals surface area contributed by atoms with Crippen molar-refractivity contribution in [2.24, 2.45) is 0 Å². The molecule has 0 atom stereocenters. The van der Waals surface area contributed by atoms with Crippen LogP contribution in [-0.4, -0.2) is 39.4 Å². The van der Waals surface area contributed by atoms with Gasteiger partial charge in [-0.3, -0.25) is 9.40 Å². The van der Waals surface area contributed by atoms with Crippen molar-refractivity contribution in [3.05, 3.63) is 29.1 Å². The average Bonchev–Trinajstić information content (AvgIpc) is 3.17. The number of sulfonamides is 1. The van der Waals surface area contributed by atoms with E-state index < -0.39 is 32.7 Å². The van der Waals surface area contributed by atoms with Gasteiger partial charge in [0.15, 0.2) is 11.3 Å². The Morgan fingerprint density at radius 2 is 1.86 bits per heavy atom. The molecule has 3 rings (SSSR count). The van der Waals surface area contributed by atoms with Crippen LogP contribution in [0.1, 0.15) is 30.8 Å². The number of nitrogens with one attached hydrogen (secondary N) is 1. The fourth-order valence-corrected chi connectivity index (χ4v) is 3.79. The van der Waals surface area contributed by atoms with Crippen molar-refractivity contribution < 1.29 is 26.3 Å². The molecule has 0 saturated heterocycles. The standard InChI is InChI=1S/C16H19F3N6O3S/c1-5-24-10(4)13(14(21-24)16(17,18)19)23-29(26,27)15-20-11-7-9(3)8-12(28-6-2)25(11)22-15/h7-8,23H,5-6H2,1-4H3. The van der Waals surface area contributed by atoms with Gasteiger partial charge >= 0.3 is 6.18 Å². The van der Waals surface area contributed by atoms with E-state index >= 15 is 0 Å². The number of nitrogens with zero attached hydrogens (tertiary/aromatic N) is 5. The molecule has 0 unspecified atom stereocenters. The van der Waals surface area contributed by atoms with Gasteiger partial charge in [-0.1, -0.05) is 0 Å². The fraction of sp³-hybridized carbons (Fsp3) is 0.438. The number of aromatic nitrogens is 5. The highest BCUT2D eigenvalue weighted by Crippen LogP contribution is 2.36. The molecule has 13 heteroatoms. The topological polar surface area (TPSA) is 103 Å². The molecule has 0 aliphatic carbocycles. The van der Waals surface area contributed by atoms with Gasteiger partial charge in [-0.25, -0.2) is 0 Å². The van der Waals surface area contributed by atoms with Crippen LogP contribution >= 0.6 is 0 Å². The zero-order valence-electron chi connectivity index (χ0n) is 16.1. The summed E-state index contributed by atoms with van der Waals surface area (Å²) in [5, 5.41) is 6.70. The number of ether oxygens (including phenoxy) is 1. The average molecular weight is 432 g/mol. The van der Waals surface area contributed by atoms with Gasteiger partial charge in [0, 0.05) is 12.6 Å². The minimum atomic E-state index is -4.84. The Labute approximate surface area is 164 Å². The van der Waals surface area contributed by atoms with Gasteiger partial charge in [-0.15, -0.1) is 5.10 Å². The molecule has 158 valence electrons. The van der Waals surface area contributed by atoms with E-state index in [9.17, 15) is 21.6 Å². The quantitative estimate of drug-likeness (QED) is 0.643. The number of hydrogen-bond acceptors (Lipinski definition) is 6. The summed E-state index contributed by atoms with van der Waals surface area (Å²) in [5.74, 6) is 0.266. The lowest BCUT2D eigenvalue weighted by Gasteiger charge is -2.08. The summed E-state index contributed by atoms with van der Waals surface area (Å²) in [4.78, 5) is 3.95. The highest BCUT2D eigenvalue weighted by molar-refractivity contribution is 7.92. The Morgan fingerprint density at radius 1 is 1.17 bits per heavy atom. The molecule has 0 bridgehead atoms. The zero-order valence-corrected chi connectivity index (χ0v) is 16.9. The Kier molecular flexibility index (Phi) is 5.19. The third-order valence-electron chi connectivity index (χ3n) is 4.07. The second kappa shape index (κ2) is 7.21. The molecular weight excluding hydrogens is 413 g/mol. The number of alkyl halides is 3. The van der Waals surface area contributed by atoms with E-state index in [2.05, 4.69) is 15.2 Å². The molecule has 1 N–H and O–H groups in total. The number of aryl methyl sites for hydroxylation is 2. The van der Waals surface area contributed by atoms with E-state index in [0.717, 1.165) is 10.2 Å². The fourth-order valence-electron chi connectivity index (χ4n) is 2.78. The Bertz CT molecular complexity index is 1170. The molecule has 0 aromatic carbocycles. The first kappa shape index (κ1) is 20.9. The summed E-state index contributed by atoms with van der Waals surface area (Å²) in [5.41, 5.74) is -1.01. The number of fused-ring (bicyclic) bond motifs is 1. The van der Waals surface area contributed by atoms with Crippen LogP contribution in [0.2, 0.25) is 0 Å². The second-order valence-electron chi connectivity index (χ2n) is 6.20. The molecule has 3 aromatic rings. The third-order valence-corrected chi connectivity index (χ3v) is 5.20. The number of pyridine rings is 1. The normalized spacial score (nSPS) is 12.5. The SMILES string of the molecule is CCOc1cc(C)cc2nc(S(=O)(=O)Nc3c(C(F)(F)F)nn(CC)c3C)nn12. The lowest BCUT2D eigenvalue weighted by molar-refractivity contribution is -0.140. The van der Waals surface area contributed by atoms with Crippen LogP contribution in [0.15, 0.2) is 17.3 Å². The molecular formula is C16H19F3N6O3S. The highest BCUT2D eigenvalue weighted by Gasteiger charge is 2.40. The molecule has 0 amide bonds. The van der Waals surface area contributed by atoms with Crippen LogP contribution in [0.25, 0.3) is 5.65 Å². The first-order valence-corrected chi connectivity index (χ1v) is 10.1. The van der Waals surface area contributed by atoms with Gasteiger partial charge in [0.25, 0.3) is 15.2 Å². The van der Waals surface area contributed by atoms with Gasteiger partial charge in [0.05, 0.1) is 12.3 Å². The maximum Gasteiger partial charge on any atom is 0.437 e. The molecule has 0 aliphatic rings. The Balaban J connectivity index is 2.10. The number of rotatable bonds is 6. The summed E-state index contributed by atoms with van der Waals surface area (Å²) in [6.07, 6.45) is -4.84. The minimum Gasteiger partial charge on any atom is -0.478 e. The molecule has 3 aromatic heterocycles. The summed E-state index contributed by atoms with van der Waals surface area (Å²) in [6, 6.07) is 3.22. The van der Waals surface area contributed by atoms with Gasteiger partial charge < -0.3 is 4.74 Å². The van der Waals surface area contributed by atoms with E-state index in [1.165, 1.54) is 11.4 Å². The van der Waals surface area contributed by atoms with Crippen LogP contribution in [-0.2, 0) is 22.7 Å². The number of anilines is 1. The zero-order chi connectivity index (χ0) is 21.6. The van der Waals surface area contributed by atoms with Crippen molar-refractivity contribution in [2.75, 3.05) is 11.3 Å². The van der Waals surface area contributed by atoms with Crippen LogP contribution in [0.4, 0.5) is 18.9 Å². The predicted molar refractivity (Wildman–Crippen MR) is 97.3 cm³/mol. The molecule has 0 radical (unpaired) electrons. The molecule has 0 spiro atoms. The molecule has 0 fully saturated rings. The summed E-state index contributed by atoms with van der Waals surface area (Å²) < 4.78 is 75.2. The first-order chi connectivity index (χ1) is 13.5. The van der Waals surface area contributed by atoms with E-state index in [0.29, 0.717) is 6.61 Å². The van der Waals surface area contributed by atoms with Crippen molar-refractivity contribution in [1.29, 1.82) is 0 Å². The predicted octanol–water partition coefficient (Wildman–Crippen LogP) is 2.78. The van der Waals surface area contributed by atoms with Crippen molar-refractivity contribution in [3.8, 4) is 5.88 Å². The van der Waals surface area contributed by atoms with Crippen molar-refractivity contribution in [1.82, 2.24) is 24.4 Å². The molecule has 29 heavy (non-hydrogen) atoms. The van der Waals surface area contributed by atoms with E-state index in [1.54, 1.807) is 32.9 Å². The van der Waals surface area contributed by atoms with Gasteiger partial charge in [-0.2, -0.15) is 36.2 Å². The lowest BCUT2D eigenvalue weighted by Crippen LogP contribution is -2.18. The lowest BCUT2D eigenvalue weighted by atomic mass is 10.3. The molecule has 0 aliphatic heterocycles. The monoisotopic (exact) mass is 432 g/mol. The molecule has 9 nitrogen and oxygen atoms in total. The summed E-state index contributed by atoms with van der Waals surface area (Å²) >= 11 is 0. The summed E-state index contributed by atoms with van der Waals surface area (Å²) in [6.45, 7) is 6.90. The molecule has 0 saturated carbocycles. The maximum atomic E-state index is 13.3. The maximum absolute atomic E-state index is 13.3. The van der Waals surface area contributed by atoms with Crippen molar-refractivity contribution in [3.63, 3.8) is 0 Å². The van der Waals surface area contributed by atoms with Crippen LogP contribution < -0.4 is 9.46 Å². The minimum absolute atomic E-state index is 0.0259. The smallest absolute Gasteiger partial charge is 0.437 e. The van der Waals surface area contributed by atoms with E-state index in [4.69, 9.17) is 4.74 Å². The third kappa shape index (κ3) is 3.86. The van der Waals surface area contributed by atoms with Crippen LogP contribution in [0.3, 0.4) is 0 Å². The second-order valence-corrected chi connectivity index (χ2v) is 7.77. The van der Waals surface area contributed by atoms with Crippen molar-refractivity contribution in [2.45, 2.75) is 45.6 Å². The highest BCUT2D eigenvalue weighted by atomic mass is 32.2. The van der Waals surface area contributed by atoms with Gasteiger partial charge in [0.1, 0.15) is 5.69 Å². The largest absolute Gasteiger partial charge is 0.478 e. The Hall–Kier alpha value is -2.83. The number of halogens is 3. The van der Waals surface area contributed by atoms with E-state index in [1.807, 2.05) is 4.72 Å². The van der Waals surface area contributed by atoms with Gasteiger partial charge in [-0.05, 0) is 39.3 Å². The Morgan fingerprint density at radius 3 is 2.45 bits per heavy atom. The van der Waals surface area contributed by atoms with Crippen molar-refractivity contribution >= 4 is 21.4 Å². The van der Waals surface area contributed by atoms with Crippen LogP contribution in [0.5, 0.6) is 5.88 Å². The van der Waals surface area contributed by atoms with E-state index in [-0.39, 0.29) is 23.8 Å². The van der Waals surface area contributed by atoms with Gasteiger partial charge in [0.2, 0.25) is 5.88 Å². The molecule has 3 heterocycles. The van der Waals surface area contributed by atoms with Crippen LogP contribution in [0, 0.1) is 13.8 Å².